The van der Waals surface area contributed by atoms with E-state index in [2.05, 4.69) is 13.8 Å². The number of rotatable bonds is 3. The van der Waals surface area contributed by atoms with Crippen molar-refractivity contribution in [2.75, 3.05) is 12.3 Å². The molecule has 1 saturated heterocycles. The summed E-state index contributed by atoms with van der Waals surface area (Å²) in [6, 6.07) is 4.62. The topological polar surface area (TPSA) is 46.3 Å². The van der Waals surface area contributed by atoms with Gasteiger partial charge in [-0.15, -0.1) is 0 Å². The van der Waals surface area contributed by atoms with Crippen LogP contribution in [-0.4, -0.2) is 17.4 Å². The Kier molecular flexibility index (Phi) is 3.55. The van der Waals surface area contributed by atoms with Gasteiger partial charge in [0.1, 0.15) is 5.82 Å². The van der Waals surface area contributed by atoms with E-state index in [0.717, 1.165) is 6.54 Å². The monoisotopic (exact) mass is 250 g/mol. The van der Waals surface area contributed by atoms with Crippen LogP contribution in [0.3, 0.4) is 0 Å². The molecule has 1 aromatic carbocycles. The number of amides is 1. The first-order valence-corrected chi connectivity index (χ1v) is 6.29. The third-order valence-electron chi connectivity index (χ3n) is 3.63. The molecule has 0 spiro atoms. The van der Waals surface area contributed by atoms with Gasteiger partial charge in [0.2, 0.25) is 5.91 Å². The molecule has 18 heavy (non-hydrogen) atoms. The number of anilines is 1. The lowest BCUT2D eigenvalue weighted by atomic mass is 9.95. The number of hydrogen-bond donors (Lipinski definition) is 1. The number of carbonyl (C=O) groups is 1. The van der Waals surface area contributed by atoms with Crippen LogP contribution >= 0.6 is 0 Å². The minimum Gasteiger partial charge on any atom is -0.399 e. The molecule has 0 radical (unpaired) electrons. The molecule has 1 amide bonds. The van der Waals surface area contributed by atoms with Crippen molar-refractivity contribution in [1.29, 1.82) is 0 Å². The van der Waals surface area contributed by atoms with Crippen LogP contribution in [0.25, 0.3) is 0 Å². The van der Waals surface area contributed by atoms with Gasteiger partial charge in [0.05, 0.1) is 0 Å². The quantitative estimate of drug-likeness (QED) is 0.837. The van der Waals surface area contributed by atoms with Gasteiger partial charge in [0.25, 0.3) is 0 Å². The molecule has 4 heteroatoms. The molecule has 1 aromatic rings. The lowest BCUT2D eigenvalue weighted by Crippen LogP contribution is -2.25. The largest absolute Gasteiger partial charge is 0.399 e. The fourth-order valence-corrected chi connectivity index (χ4v) is 2.30. The smallest absolute Gasteiger partial charge is 0.223 e. The van der Waals surface area contributed by atoms with Gasteiger partial charge < -0.3 is 10.6 Å². The second-order valence-corrected chi connectivity index (χ2v) is 5.33. The number of nitrogens with two attached hydrogens (primary N) is 1. The zero-order valence-electron chi connectivity index (χ0n) is 10.8. The fraction of sp³-hybridized carbons (Fsp3) is 0.500. The number of benzene rings is 1. The van der Waals surface area contributed by atoms with E-state index >= 15 is 0 Å². The SMILES string of the molecule is CC(C)C1CC(=O)N(Cc2ccc(N)cc2F)C1. The Morgan fingerprint density at radius 1 is 1.50 bits per heavy atom. The van der Waals surface area contributed by atoms with Gasteiger partial charge in [-0.05, 0) is 24.0 Å². The first-order chi connectivity index (χ1) is 8.47. The van der Waals surface area contributed by atoms with Crippen molar-refractivity contribution < 1.29 is 9.18 Å². The van der Waals surface area contributed by atoms with Crippen molar-refractivity contribution >= 4 is 11.6 Å². The molecular formula is C14H19FN2O. The molecule has 0 bridgehead atoms. The zero-order chi connectivity index (χ0) is 13.3. The fourth-order valence-electron chi connectivity index (χ4n) is 2.30. The average Bonchev–Trinajstić information content (AvgIpc) is 2.64. The van der Waals surface area contributed by atoms with E-state index < -0.39 is 0 Å². The van der Waals surface area contributed by atoms with Crippen LogP contribution in [0.15, 0.2) is 18.2 Å². The lowest BCUT2D eigenvalue weighted by molar-refractivity contribution is -0.128. The maximum atomic E-state index is 13.7. The van der Waals surface area contributed by atoms with Gasteiger partial charge in [0.15, 0.2) is 0 Å². The molecular weight excluding hydrogens is 231 g/mol. The van der Waals surface area contributed by atoms with Crippen molar-refractivity contribution in [1.82, 2.24) is 4.90 Å². The summed E-state index contributed by atoms with van der Waals surface area (Å²) in [5.41, 5.74) is 6.44. The van der Waals surface area contributed by atoms with Crippen LogP contribution in [0.4, 0.5) is 10.1 Å². The number of nitrogen functional groups attached to an aromatic ring is 1. The van der Waals surface area contributed by atoms with Gasteiger partial charge in [-0.3, -0.25) is 4.79 Å². The van der Waals surface area contributed by atoms with Crippen LogP contribution in [0.1, 0.15) is 25.8 Å². The van der Waals surface area contributed by atoms with Crippen molar-refractivity contribution in [3.05, 3.63) is 29.6 Å². The number of nitrogens with zero attached hydrogens (tertiary/aromatic N) is 1. The summed E-state index contributed by atoms with van der Waals surface area (Å²) in [7, 11) is 0. The number of hydrogen-bond acceptors (Lipinski definition) is 2. The van der Waals surface area contributed by atoms with E-state index in [4.69, 9.17) is 5.73 Å². The minimum atomic E-state index is -0.337. The van der Waals surface area contributed by atoms with Crippen LogP contribution in [-0.2, 0) is 11.3 Å². The second-order valence-electron chi connectivity index (χ2n) is 5.33. The zero-order valence-corrected chi connectivity index (χ0v) is 10.8. The maximum Gasteiger partial charge on any atom is 0.223 e. The van der Waals surface area contributed by atoms with Gasteiger partial charge in [-0.25, -0.2) is 4.39 Å². The summed E-state index contributed by atoms with van der Waals surface area (Å²) in [4.78, 5) is 13.6. The van der Waals surface area contributed by atoms with Gasteiger partial charge in [-0.2, -0.15) is 0 Å². The highest BCUT2D eigenvalue weighted by Gasteiger charge is 2.31. The van der Waals surface area contributed by atoms with E-state index in [-0.39, 0.29) is 11.7 Å². The highest BCUT2D eigenvalue weighted by Crippen LogP contribution is 2.26. The molecule has 0 aliphatic carbocycles. The van der Waals surface area contributed by atoms with E-state index in [0.29, 0.717) is 36.1 Å². The summed E-state index contributed by atoms with van der Waals surface area (Å²) < 4.78 is 13.7. The van der Waals surface area contributed by atoms with Crippen molar-refractivity contribution in [2.24, 2.45) is 11.8 Å². The van der Waals surface area contributed by atoms with Crippen LogP contribution in [0.2, 0.25) is 0 Å². The van der Waals surface area contributed by atoms with E-state index in [1.54, 1.807) is 17.0 Å². The van der Waals surface area contributed by atoms with Crippen LogP contribution < -0.4 is 5.73 Å². The van der Waals surface area contributed by atoms with Crippen molar-refractivity contribution in [2.45, 2.75) is 26.8 Å². The third kappa shape index (κ3) is 2.63. The molecule has 2 N–H and O–H groups in total. The Bertz CT molecular complexity index is 459. The Hall–Kier alpha value is -1.58. The number of likely N-dealkylation sites (tertiary alicyclic amines) is 1. The second kappa shape index (κ2) is 4.96. The molecule has 1 aliphatic rings. The predicted octanol–water partition coefficient (Wildman–Crippen LogP) is 2.41. The Labute approximate surface area is 107 Å². The maximum absolute atomic E-state index is 13.7. The minimum absolute atomic E-state index is 0.116. The molecule has 1 heterocycles. The Balaban J connectivity index is 2.08. The summed E-state index contributed by atoms with van der Waals surface area (Å²) in [6.45, 7) is 5.30. The normalized spacial score (nSPS) is 19.9. The van der Waals surface area contributed by atoms with E-state index in [1.807, 2.05) is 0 Å². The molecule has 1 fully saturated rings. The van der Waals surface area contributed by atoms with Gasteiger partial charge >= 0.3 is 0 Å². The predicted molar refractivity (Wildman–Crippen MR) is 69.2 cm³/mol. The third-order valence-corrected chi connectivity index (χ3v) is 3.63. The Morgan fingerprint density at radius 3 is 2.78 bits per heavy atom. The Morgan fingerprint density at radius 2 is 2.22 bits per heavy atom. The molecule has 98 valence electrons. The summed E-state index contributed by atoms with van der Waals surface area (Å²) in [6.07, 6.45) is 0.578. The summed E-state index contributed by atoms with van der Waals surface area (Å²) in [5.74, 6) is 0.644. The molecule has 1 aliphatic heterocycles. The van der Waals surface area contributed by atoms with Crippen molar-refractivity contribution in [3.8, 4) is 0 Å². The lowest BCUT2D eigenvalue weighted by Gasteiger charge is -2.18. The van der Waals surface area contributed by atoms with Crippen molar-refractivity contribution in [3.63, 3.8) is 0 Å². The average molecular weight is 250 g/mol. The number of halogens is 1. The molecule has 3 nitrogen and oxygen atoms in total. The molecule has 1 unspecified atom stereocenters. The standard InChI is InChI=1S/C14H19FN2O/c1-9(2)11-5-14(18)17(8-11)7-10-3-4-12(16)6-13(10)15/h3-4,6,9,11H,5,7-8,16H2,1-2H3. The van der Waals surface area contributed by atoms with Gasteiger partial charge in [0, 0.05) is 30.8 Å². The number of carbonyl (C=O) groups excluding carboxylic acids is 1. The highest BCUT2D eigenvalue weighted by molar-refractivity contribution is 5.78. The van der Waals surface area contributed by atoms with Crippen LogP contribution in [0.5, 0.6) is 0 Å². The van der Waals surface area contributed by atoms with E-state index in [9.17, 15) is 9.18 Å². The first kappa shape index (κ1) is 12.9. The molecule has 1 atom stereocenters. The van der Waals surface area contributed by atoms with Gasteiger partial charge in [-0.1, -0.05) is 19.9 Å². The molecule has 0 aromatic heterocycles. The summed E-state index contributed by atoms with van der Waals surface area (Å²) in [5, 5.41) is 0. The van der Waals surface area contributed by atoms with E-state index in [1.165, 1.54) is 6.07 Å². The highest BCUT2D eigenvalue weighted by atomic mass is 19.1. The molecule has 2 rings (SSSR count). The van der Waals surface area contributed by atoms with Crippen LogP contribution in [0, 0.1) is 17.7 Å². The first-order valence-electron chi connectivity index (χ1n) is 6.29. The summed E-state index contributed by atoms with van der Waals surface area (Å²) >= 11 is 0. The molecule has 0 saturated carbocycles.